The minimum Gasteiger partial charge on any atom is -0.484 e. The Balaban J connectivity index is 2.58. The van der Waals surface area contributed by atoms with Gasteiger partial charge >= 0.3 is 0 Å². The summed E-state index contributed by atoms with van der Waals surface area (Å²) in [5.41, 5.74) is 6.80. The fourth-order valence-electron chi connectivity index (χ4n) is 1.70. The molecule has 1 aromatic carbocycles. The summed E-state index contributed by atoms with van der Waals surface area (Å²) in [6.07, 6.45) is 0. The zero-order valence-corrected chi connectivity index (χ0v) is 11.3. The molecule has 1 unspecified atom stereocenters. The van der Waals surface area contributed by atoms with E-state index in [9.17, 15) is 4.79 Å². The van der Waals surface area contributed by atoms with Gasteiger partial charge in [-0.15, -0.1) is 0 Å². The number of ether oxygens (including phenoxy) is 1. The molecule has 0 radical (unpaired) electrons. The number of benzene rings is 1. The van der Waals surface area contributed by atoms with Gasteiger partial charge in [-0.3, -0.25) is 4.79 Å². The van der Waals surface area contributed by atoms with Gasteiger partial charge in [-0.25, -0.2) is 0 Å². The topological polar surface area (TPSA) is 55.6 Å². The third-order valence-corrected chi connectivity index (χ3v) is 2.86. The fraction of sp³-hybridized carbons (Fsp3) is 0.500. The summed E-state index contributed by atoms with van der Waals surface area (Å²) in [6.45, 7) is 7.32. The average Bonchev–Trinajstić information content (AvgIpc) is 2.38. The molecule has 100 valence electrons. The van der Waals surface area contributed by atoms with Gasteiger partial charge in [0.15, 0.2) is 6.61 Å². The molecule has 0 aliphatic carbocycles. The van der Waals surface area contributed by atoms with E-state index >= 15 is 0 Å². The Labute approximate surface area is 109 Å². The summed E-state index contributed by atoms with van der Waals surface area (Å²) in [4.78, 5) is 13.5. The summed E-state index contributed by atoms with van der Waals surface area (Å²) >= 11 is 0. The highest BCUT2D eigenvalue weighted by atomic mass is 16.5. The fourth-order valence-corrected chi connectivity index (χ4v) is 1.70. The minimum absolute atomic E-state index is 0.00574. The highest BCUT2D eigenvalue weighted by Gasteiger charge is 2.10. The van der Waals surface area contributed by atoms with Gasteiger partial charge in [-0.2, -0.15) is 0 Å². The number of amides is 1. The number of likely N-dealkylation sites (N-methyl/N-ethyl adjacent to an activating group) is 1. The Morgan fingerprint density at radius 1 is 1.39 bits per heavy atom. The Kier molecular flexibility index (Phi) is 5.65. The highest BCUT2D eigenvalue weighted by molar-refractivity contribution is 5.77. The van der Waals surface area contributed by atoms with Crippen LogP contribution in [0.3, 0.4) is 0 Å². The third-order valence-electron chi connectivity index (χ3n) is 2.86. The van der Waals surface area contributed by atoms with Crippen LogP contribution in [0.2, 0.25) is 0 Å². The van der Waals surface area contributed by atoms with Crippen molar-refractivity contribution in [2.45, 2.75) is 26.8 Å². The second-order valence-electron chi connectivity index (χ2n) is 4.22. The monoisotopic (exact) mass is 250 g/mol. The van der Waals surface area contributed by atoms with Crippen LogP contribution in [0.5, 0.6) is 5.75 Å². The number of carbonyl (C=O) groups excluding carboxylic acids is 1. The lowest BCUT2D eigenvalue weighted by molar-refractivity contribution is -0.132. The van der Waals surface area contributed by atoms with Crippen molar-refractivity contribution in [1.29, 1.82) is 0 Å². The van der Waals surface area contributed by atoms with E-state index in [1.807, 2.05) is 45.0 Å². The van der Waals surface area contributed by atoms with Crippen molar-refractivity contribution in [2.24, 2.45) is 5.73 Å². The Bertz CT molecular complexity index is 387. The zero-order chi connectivity index (χ0) is 13.5. The van der Waals surface area contributed by atoms with E-state index < -0.39 is 0 Å². The highest BCUT2D eigenvalue weighted by Crippen LogP contribution is 2.17. The molecule has 0 heterocycles. The third kappa shape index (κ3) is 4.04. The smallest absolute Gasteiger partial charge is 0.260 e. The van der Waals surface area contributed by atoms with Gasteiger partial charge in [-0.05, 0) is 38.5 Å². The van der Waals surface area contributed by atoms with Crippen molar-refractivity contribution < 1.29 is 9.53 Å². The van der Waals surface area contributed by atoms with Gasteiger partial charge in [0.2, 0.25) is 0 Å². The molecule has 0 aromatic heterocycles. The van der Waals surface area contributed by atoms with E-state index in [0.717, 1.165) is 5.56 Å². The number of nitrogens with two attached hydrogens (primary N) is 1. The van der Waals surface area contributed by atoms with Gasteiger partial charge < -0.3 is 15.4 Å². The molecule has 0 aliphatic heterocycles. The van der Waals surface area contributed by atoms with Crippen LogP contribution in [-0.2, 0) is 4.79 Å². The van der Waals surface area contributed by atoms with E-state index in [1.54, 1.807) is 4.90 Å². The largest absolute Gasteiger partial charge is 0.484 e. The summed E-state index contributed by atoms with van der Waals surface area (Å²) in [5.74, 6) is 0.691. The second kappa shape index (κ2) is 7.01. The molecule has 0 bridgehead atoms. The molecule has 0 saturated heterocycles. The van der Waals surface area contributed by atoms with Crippen molar-refractivity contribution in [3.63, 3.8) is 0 Å². The lowest BCUT2D eigenvalue weighted by Gasteiger charge is -2.18. The van der Waals surface area contributed by atoms with E-state index in [1.165, 1.54) is 0 Å². The standard InChI is InChI=1S/C14H22N2O2/c1-4-16(5-2)14(17)10-18-13-8-6-7-12(9-13)11(3)15/h6-9,11H,4-5,10,15H2,1-3H3. The molecule has 4 heteroatoms. The van der Waals surface area contributed by atoms with Crippen molar-refractivity contribution in [1.82, 2.24) is 4.90 Å². The number of hydrogen-bond donors (Lipinski definition) is 1. The Morgan fingerprint density at radius 2 is 2.06 bits per heavy atom. The normalized spacial score (nSPS) is 12.0. The number of carbonyl (C=O) groups is 1. The first kappa shape index (κ1) is 14.5. The van der Waals surface area contributed by atoms with E-state index in [-0.39, 0.29) is 18.6 Å². The number of rotatable bonds is 6. The van der Waals surface area contributed by atoms with E-state index in [4.69, 9.17) is 10.5 Å². The predicted octanol–water partition coefficient (Wildman–Crippen LogP) is 1.95. The van der Waals surface area contributed by atoms with Crippen LogP contribution in [0.4, 0.5) is 0 Å². The summed E-state index contributed by atoms with van der Waals surface area (Å²) in [7, 11) is 0. The first-order valence-electron chi connectivity index (χ1n) is 6.34. The number of hydrogen-bond acceptors (Lipinski definition) is 3. The second-order valence-corrected chi connectivity index (χ2v) is 4.22. The lowest BCUT2D eigenvalue weighted by atomic mass is 10.1. The van der Waals surface area contributed by atoms with Crippen molar-refractivity contribution in [2.75, 3.05) is 19.7 Å². The molecule has 18 heavy (non-hydrogen) atoms. The van der Waals surface area contributed by atoms with Gasteiger partial charge in [-0.1, -0.05) is 12.1 Å². The Hall–Kier alpha value is -1.55. The molecule has 2 N–H and O–H groups in total. The molecule has 0 saturated carbocycles. The molecule has 1 aromatic rings. The van der Waals surface area contributed by atoms with Crippen LogP contribution in [0, 0.1) is 0 Å². The molecule has 1 amide bonds. The minimum atomic E-state index is -0.0352. The molecule has 0 spiro atoms. The van der Waals surface area contributed by atoms with E-state index in [2.05, 4.69) is 0 Å². The van der Waals surface area contributed by atoms with Crippen molar-refractivity contribution in [3.8, 4) is 5.75 Å². The van der Waals surface area contributed by atoms with Crippen LogP contribution in [0.1, 0.15) is 32.4 Å². The SMILES string of the molecule is CCN(CC)C(=O)COc1cccc(C(C)N)c1. The van der Waals surface area contributed by atoms with Gasteiger partial charge in [0.25, 0.3) is 5.91 Å². The van der Waals surface area contributed by atoms with Crippen LogP contribution in [0.25, 0.3) is 0 Å². The quantitative estimate of drug-likeness (QED) is 0.839. The summed E-state index contributed by atoms with van der Waals surface area (Å²) in [5, 5.41) is 0. The van der Waals surface area contributed by atoms with E-state index in [0.29, 0.717) is 18.8 Å². The molecule has 0 aliphatic rings. The van der Waals surface area contributed by atoms with Gasteiger partial charge in [0, 0.05) is 19.1 Å². The van der Waals surface area contributed by atoms with Crippen LogP contribution in [0.15, 0.2) is 24.3 Å². The maximum Gasteiger partial charge on any atom is 0.260 e. The first-order chi connectivity index (χ1) is 8.58. The zero-order valence-electron chi connectivity index (χ0n) is 11.3. The van der Waals surface area contributed by atoms with Gasteiger partial charge in [0.05, 0.1) is 0 Å². The molecule has 4 nitrogen and oxygen atoms in total. The van der Waals surface area contributed by atoms with Gasteiger partial charge in [0.1, 0.15) is 5.75 Å². The average molecular weight is 250 g/mol. The molecular formula is C14H22N2O2. The van der Waals surface area contributed by atoms with Crippen molar-refractivity contribution in [3.05, 3.63) is 29.8 Å². The lowest BCUT2D eigenvalue weighted by Crippen LogP contribution is -2.34. The summed E-state index contributed by atoms with van der Waals surface area (Å²) < 4.78 is 5.50. The molecule has 0 fully saturated rings. The number of nitrogens with zero attached hydrogens (tertiary/aromatic N) is 1. The first-order valence-corrected chi connectivity index (χ1v) is 6.34. The molecule has 1 atom stereocenters. The molecule has 1 rings (SSSR count). The predicted molar refractivity (Wildman–Crippen MR) is 72.5 cm³/mol. The van der Waals surface area contributed by atoms with Crippen LogP contribution >= 0.6 is 0 Å². The Morgan fingerprint density at radius 3 is 2.61 bits per heavy atom. The van der Waals surface area contributed by atoms with Crippen LogP contribution in [-0.4, -0.2) is 30.5 Å². The van der Waals surface area contributed by atoms with Crippen molar-refractivity contribution >= 4 is 5.91 Å². The summed E-state index contributed by atoms with van der Waals surface area (Å²) in [6, 6.07) is 7.51. The van der Waals surface area contributed by atoms with Crippen LogP contribution < -0.4 is 10.5 Å². The maximum atomic E-state index is 11.8. The maximum absolute atomic E-state index is 11.8. The molecular weight excluding hydrogens is 228 g/mol.